The van der Waals surface area contributed by atoms with Crippen molar-refractivity contribution in [1.29, 1.82) is 0 Å². The molecule has 4 nitrogen and oxygen atoms in total. The van der Waals surface area contributed by atoms with E-state index in [-0.39, 0.29) is 33.0 Å². The van der Waals surface area contributed by atoms with E-state index in [2.05, 4.69) is 0 Å². The van der Waals surface area contributed by atoms with Crippen LogP contribution in [0.2, 0.25) is 0 Å². The molecule has 0 aliphatic rings. The Balaban J connectivity index is 0.00000264. The van der Waals surface area contributed by atoms with Crippen LogP contribution < -0.4 is 19.5 Å². The van der Waals surface area contributed by atoms with Crippen molar-refractivity contribution in [3.63, 3.8) is 0 Å². The molecule has 23 heavy (non-hydrogen) atoms. The molecule has 0 amide bonds. The van der Waals surface area contributed by atoms with E-state index in [1.165, 1.54) is 19.8 Å². The number of ether oxygens (including phenoxy) is 3. The van der Waals surface area contributed by atoms with Crippen LogP contribution >= 0.6 is 8.58 Å². The molecule has 0 aromatic heterocycles. The third-order valence-electron chi connectivity index (χ3n) is 3.25. The zero-order valence-electron chi connectivity index (χ0n) is 14.1. The van der Waals surface area contributed by atoms with Crippen LogP contribution in [-0.2, 0) is 0 Å². The molecule has 0 aliphatic heterocycles. The molecule has 0 bridgehead atoms. The van der Waals surface area contributed by atoms with Crippen LogP contribution in [0.5, 0.6) is 17.2 Å². The van der Waals surface area contributed by atoms with Gasteiger partial charge in [0.05, 0.1) is 21.3 Å². The maximum absolute atomic E-state index is 12.7. The summed E-state index contributed by atoms with van der Waals surface area (Å²) >= 11 is 0. The molecule has 0 saturated carbocycles. The second-order valence-corrected chi connectivity index (χ2v) is 6.01. The molecule has 6 heteroatoms. The van der Waals surface area contributed by atoms with E-state index in [0.717, 1.165) is 5.30 Å². The van der Waals surface area contributed by atoms with Gasteiger partial charge in [-0.2, -0.15) is 0 Å². The second-order valence-electron chi connectivity index (χ2n) is 4.73. The van der Waals surface area contributed by atoms with Gasteiger partial charge in [0.1, 0.15) is 22.8 Å². The second kappa shape index (κ2) is 8.99. The maximum atomic E-state index is 12.7. The van der Waals surface area contributed by atoms with E-state index in [9.17, 15) is 4.79 Å². The largest absolute Gasteiger partial charge is 0.496 e. The monoisotopic (exact) mass is 325 g/mol. The maximum Gasteiger partial charge on any atom is 0.193 e. The third-order valence-corrected chi connectivity index (χ3v) is 4.35. The molecule has 1 atom stereocenters. The van der Waals surface area contributed by atoms with Gasteiger partial charge in [0.15, 0.2) is 5.52 Å². The number of rotatable bonds is 6. The van der Waals surface area contributed by atoms with E-state index in [1.807, 2.05) is 31.2 Å². The van der Waals surface area contributed by atoms with Gasteiger partial charge in [-0.3, -0.25) is 4.79 Å². The van der Waals surface area contributed by atoms with E-state index in [4.69, 9.17) is 14.2 Å². The molecule has 0 aliphatic carbocycles. The number of methoxy groups -OCH3 is 3. The van der Waals surface area contributed by atoms with Crippen molar-refractivity contribution in [2.45, 2.75) is 6.92 Å². The first-order chi connectivity index (χ1) is 10.6. The number of carbonyl (C=O) groups excluding carboxylic acids is 1. The van der Waals surface area contributed by atoms with E-state index < -0.39 is 0 Å². The summed E-state index contributed by atoms with van der Waals surface area (Å²) in [6.07, 6.45) is 0. The van der Waals surface area contributed by atoms with E-state index in [1.54, 1.807) is 19.2 Å². The van der Waals surface area contributed by atoms with Gasteiger partial charge in [-0.1, -0.05) is 29.8 Å². The molecule has 2 rings (SSSR count). The van der Waals surface area contributed by atoms with E-state index in [0.29, 0.717) is 22.8 Å². The van der Waals surface area contributed by atoms with Crippen molar-refractivity contribution in [2.24, 2.45) is 0 Å². The van der Waals surface area contributed by atoms with Gasteiger partial charge in [-0.05, 0) is 20.8 Å². The summed E-state index contributed by atoms with van der Waals surface area (Å²) < 4.78 is 15.9. The van der Waals surface area contributed by atoms with Crippen molar-refractivity contribution in [2.75, 3.05) is 21.3 Å². The fourth-order valence-corrected chi connectivity index (χ4v) is 3.03. The predicted octanol–water partition coefficient (Wildman–Crippen LogP) is 2.78. The molecule has 1 unspecified atom stereocenters. The number of carbonyl (C=O) groups is 1. The van der Waals surface area contributed by atoms with Gasteiger partial charge in [-0.25, -0.2) is 0 Å². The van der Waals surface area contributed by atoms with Gasteiger partial charge < -0.3 is 14.2 Å². The van der Waals surface area contributed by atoms with Crippen LogP contribution in [0.1, 0.15) is 15.9 Å². The van der Waals surface area contributed by atoms with E-state index >= 15 is 0 Å². The summed E-state index contributed by atoms with van der Waals surface area (Å²) in [4.78, 5) is 12.7. The molecule has 0 saturated heterocycles. The summed E-state index contributed by atoms with van der Waals surface area (Å²) in [5, 5.41) is 0.982. The zero-order valence-corrected chi connectivity index (χ0v) is 15.1. The molecule has 117 valence electrons. The molecule has 0 fully saturated rings. The number of aryl methyl sites for hydroxylation is 1. The summed E-state index contributed by atoms with van der Waals surface area (Å²) in [5.74, 6) is 1.51. The average molecular weight is 325 g/mol. The summed E-state index contributed by atoms with van der Waals surface area (Å²) in [5.41, 5.74) is 1.59. The number of hydrogen-bond acceptors (Lipinski definition) is 4. The Morgan fingerprint density at radius 1 is 0.913 bits per heavy atom. The van der Waals surface area contributed by atoms with Crippen LogP contribution in [0.4, 0.5) is 0 Å². The number of benzene rings is 2. The van der Waals surface area contributed by atoms with Crippen LogP contribution in [0.15, 0.2) is 36.4 Å². The Hall–Kier alpha value is -1.46. The Labute approximate surface area is 150 Å². The minimum absolute atomic E-state index is 0. The topological polar surface area (TPSA) is 44.8 Å². The zero-order chi connectivity index (χ0) is 16.1. The first kappa shape index (κ1) is 19.6. The van der Waals surface area contributed by atoms with Crippen molar-refractivity contribution >= 4 is 38.3 Å². The normalized spacial score (nSPS) is 10.3. The first-order valence-electron chi connectivity index (χ1n) is 6.77. The molecule has 0 N–H and O–H groups in total. The van der Waals surface area contributed by atoms with Crippen LogP contribution in [0, 0.1) is 6.92 Å². The quantitative estimate of drug-likeness (QED) is 0.605. The minimum atomic E-state index is -0.0276. The minimum Gasteiger partial charge on any atom is -0.496 e. The standard InChI is InChI=1S/C17H19O4P.Li/c1-11-5-7-13(8-6-11)22-17(18)16-14(20-3)9-12(19-2)10-15(16)21-4;/h5-10,22H,1-4H3;. The molecule has 0 spiro atoms. The van der Waals surface area contributed by atoms with Crippen molar-refractivity contribution in [3.05, 3.63) is 47.5 Å². The van der Waals surface area contributed by atoms with Gasteiger partial charge in [0.25, 0.3) is 0 Å². The van der Waals surface area contributed by atoms with Crippen molar-refractivity contribution in [3.8, 4) is 17.2 Å². The summed E-state index contributed by atoms with van der Waals surface area (Å²) in [6, 6.07) is 11.3. The van der Waals surface area contributed by atoms with Crippen LogP contribution in [0.3, 0.4) is 0 Å². The van der Waals surface area contributed by atoms with Gasteiger partial charge in [0.2, 0.25) is 0 Å². The Kier molecular flexibility index (Phi) is 7.65. The molecule has 2 aromatic rings. The fourth-order valence-electron chi connectivity index (χ4n) is 2.06. The smallest absolute Gasteiger partial charge is 0.193 e. The third kappa shape index (κ3) is 4.75. The van der Waals surface area contributed by atoms with Gasteiger partial charge in [-0.15, -0.1) is 0 Å². The van der Waals surface area contributed by atoms with Crippen molar-refractivity contribution < 1.29 is 19.0 Å². The van der Waals surface area contributed by atoms with Gasteiger partial charge in [0, 0.05) is 31.0 Å². The Morgan fingerprint density at radius 3 is 1.87 bits per heavy atom. The van der Waals surface area contributed by atoms with Crippen LogP contribution in [-0.4, -0.2) is 45.7 Å². The fraction of sp³-hybridized carbons (Fsp3) is 0.235. The summed E-state index contributed by atoms with van der Waals surface area (Å²) in [7, 11) is 4.62. The Morgan fingerprint density at radius 2 is 1.43 bits per heavy atom. The first-order valence-corrected chi connectivity index (χ1v) is 7.77. The molecule has 0 heterocycles. The predicted molar refractivity (Wildman–Crippen MR) is 95.3 cm³/mol. The molecule has 1 radical (unpaired) electrons. The van der Waals surface area contributed by atoms with Crippen LogP contribution in [0.25, 0.3) is 0 Å². The molecular weight excluding hydrogens is 306 g/mol. The molecular formula is C17H19LiO4P. The average Bonchev–Trinajstić information content (AvgIpc) is 2.55. The van der Waals surface area contributed by atoms with Gasteiger partial charge >= 0.3 is 0 Å². The Bertz CT molecular complexity index is 646. The van der Waals surface area contributed by atoms with Crippen molar-refractivity contribution in [1.82, 2.24) is 0 Å². The number of hydrogen-bond donors (Lipinski definition) is 0. The summed E-state index contributed by atoms with van der Waals surface area (Å²) in [6.45, 7) is 2.02. The SMILES string of the molecule is COc1cc(OC)c(C(=O)Pc2ccc(C)cc2)c(OC)c1.[Li]. The molecule has 2 aromatic carbocycles.